The highest BCUT2D eigenvalue weighted by molar-refractivity contribution is 5.78. The van der Waals surface area contributed by atoms with E-state index in [0.717, 1.165) is 37.1 Å². The average Bonchev–Trinajstić information content (AvgIpc) is 2.88. The molecule has 2 fully saturated rings. The predicted octanol–water partition coefficient (Wildman–Crippen LogP) is 4.25. The van der Waals surface area contributed by atoms with E-state index in [0.29, 0.717) is 13.0 Å². The third-order valence-corrected chi connectivity index (χ3v) is 7.39. The van der Waals surface area contributed by atoms with Gasteiger partial charge in [-0.15, -0.1) is 0 Å². The number of benzene rings is 2. The molecule has 1 aromatic heterocycles. The molecule has 5 heteroatoms. The quantitative estimate of drug-likeness (QED) is 0.551. The Morgan fingerprint density at radius 2 is 1.69 bits per heavy atom. The topological polar surface area (TPSA) is 56.7 Å². The Bertz CT molecular complexity index is 1130. The van der Waals surface area contributed by atoms with Crippen LogP contribution < -0.4 is 0 Å². The van der Waals surface area contributed by atoms with Crippen LogP contribution in [0.4, 0.5) is 0 Å². The van der Waals surface area contributed by atoms with Gasteiger partial charge in [0.05, 0.1) is 13.0 Å². The Hall–Kier alpha value is -3.28. The number of hydrogen-bond donors (Lipinski definition) is 1. The predicted molar refractivity (Wildman–Crippen MR) is 140 cm³/mol. The number of nitrogens with zero attached hydrogens (tertiary/aromatic N) is 3. The fourth-order valence-corrected chi connectivity index (χ4v) is 5.54. The third kappa shape index (κ3) is 5.37. The highest BCUT2D eigenvalue weighted by Gasteiger charge is 2.49. The van der Waals surface area contributed by atoms with Crippen molar-refractivity contribution < 1.29 is 9.90 Å². The molecule has 1 amide bonds. The number of aliphatic hydroxyl groups is 1. The Morgan fingerprint density at radius 3 is 2.40 bits per heavy atom. The molecule has 3 heterocycles. The number of carbonyl (C=O) groups is 1. The molecule has 5 rings (SSSR count). The largest absolute Gasteiger partial charge is 0.395 e. The van der Waals surface area contributed by atoms with Gasteiger partial charge in [-0.05, 0) is 47.7 Å². The van der Waals surface area contributed by atoms with Crippen LogP contribution in [0.3, 0.4) is 0 Å². The molecule has 180 valence electrons. The first-order valence-corrected chi connectivity index (χ1v) is 12.6. The lowest BCUT2D eigenvalue weighted by Crippen LogP contribution is -2.68. The van der Waals surface area contributed by atoms with Crippen LogP contribution in [-0.4, -0.2) is 64.1 Å². The van der Waals surface area contributed by atoms with Crippen LogP contribution in [-0.2, 0) is 11.2 Å². The molecule has 2 aliphatic rings. The van der Waals surface area contributed by atoms with Gasteiger partial charge in [0.1, 0.15) is 0 Å². The van der Waals surface area contributed by atoms with Crippen molar-refractivity contribution in [1.29, 1.82) is 0 Å². The average molecular weight is 468 g/mol. The number of hydrogen-bond acceptors (Lipinski definition) is 4. The lowest BCUT2D eigenvalue weighted by Gasteiger charge is -2.57. The van der Waals surface area contributed by atoms with E-state index in [1.165, 1.54) is 11.1 Å². The molecule has 0 unspecified atom stereocenters. The Labute approximate surface area is 207 Å². The summed E-state index contributed by atoms with van der Waals surface area (Å²) in [5, 5.41) is 10.2. The summed E-state index contributed by atoms with van der Waals surface area (Å²) in [6.45, 7) is 2.62. The molecule has 0 radical (unpaired) electrons. The Kier molecular flexibility index (Phi) is 7.36. The summed E-state index contributed by atoms with van der Waals surface area (Å²) in [5.74, 6) is 0.381. The van der Waals surface area contributed by atoms with E-state index in [1.54, 1.807) is 12.4 Å². The molecule has 0 bridgehead atoms. The molecule has 3 aromatic rings. The summed E-state index contributed by atoms with van der Waals surface area (Å²) >= 11 is 0. The van der Waals surface area contributed by atoms with Gasteiger partial charge in [0.25, 0.3) is 0 Å². The molecular weight excluding hydrogens is 434 g/mol. The molecule has 0 spiro atoms. The fourth-order valence-electron chi connectivity index (χ4n) is 5.54. The van der Waals surface area contributed by atoms with Crippen LogP contribution in [0.2, 0.25) is 0 Å². The zero-order valence-electron chi connectivity index (χ0n) is 20.0. The van der Waals surface area contributed by atoms with Gasteiger partial charge in [0.2, 0.25) is 5.91 Å². The minimum absolute atomic E-state index is 0.110. The first kappa shape index (κ1) is 23.5. The van der Waals surface area contributed by atoms with E-state index in [9.17, 15) is 9.90 Å². The van der Waals surface area contributed by atoms with Crippen molar-refractivity contribution in [2.75, 3.05) is 26.2 Å². The SMILES string of the molecule is O=C(Cc1cccnc1)N1CCCCN2[C@H](CO)[C@H](c3ccc(/C=C/c4ccccc4)cc3)[C@@H]2C1. The van der Waals surface area contributed by atoms with Crippen LogP contribution in [0.25, 0.3) is 12.2 Å². The second-order valence-electron chi connectivity index (χ2n) is 9.58. The minimum Gasteiger partial charge on any atom is -0.395 e. The summed E-state index contributed by atoms with van der Waals surface area (Å²) < 4.78 is 0. The summed E-state index contributed by atoms with van der Waals surface area (Å²) in [6, 6.07) is 23.2. The number of carbonyl (C=O) groups excluding carboxylic acids is 1. The van der Waals surface area contributed by atoms with Crippen molar-refractivity contribution in [2.24, 2.45) is 0 Å². The third-order valence-electron chi connectivity index (χ3n) is 7.39. The van der Waals surface area contributed by atoms with Gasteiger partial charge < -0.3 is 10.0 Å². The zero-order valence-corrected chi connectivity index (χ0v) is 20.0. The van der Waals surface area contributed by atoms with E-state index in [-0.39, 0.29) is 30.5 Å². The van der Waals surface area contributed by atoms with Crippen molar-refractivity contribution >= 4 is 18.1 Å². The molecule has 35 heavy (non-hydrogen) atoms. The second-order valence-corrected chi connectivity index (χ2v) is 9.58. The van der Waals surface area contributed by atoms with Crippen LogP contribution in [0.5, 0.6) is 0 Å². The van der Waals surface area contributed by atoms with Gasteiger partial charge in [-0.3, -0.25) is 14.7 Å². The van der Waals surface area contributed by atoms with E-state index in [4.69, 9.17) is 0 Å². The van der Waals surface area contributed by atoms with E-state index < -0.39 is 0 Å². The summed E-state index contributed by atoms with van der Waals surface area (Å²) in [5.41, 5.74) is 4.52. The lowest BCUT2D eigenvalue weighted by molar-refractivity contribution is -0.135. The van der Waals surface area contributed by atoms with Gasteiger partial charge >= 0.3 is 0 Å². The van der Waals surface area contributed by atoms with Crippen molar-refractivity contribution in [3.05, 3.63) is 101 Å². The molecule has 2 aliphatic heterocycles. The zero-order chi connectivity index (χ0) is 24.0. The summed E-state index contributed by atoms with van der Waals surface area (Å²) in [7, 11) is 0. The maximum absolute atomic E-state index is 13.2. The molecule has 2 saturated heterocycles. The number of fused-ring (bicyclic) bond motifs is 1. The maximum Gasteiger partial charge on any atom is 0.227 e. The number of rotatable bonds is 6. The van der Waals surface area contributed by atoms with Crippen LogP contribution in [0, 0.1) is 0 Å². The number of aliphatic hydroxyl groups excluding tert-OH is 1. The molecule has 0 saturated carbocycles. The van der Waals surface area contributed by atoms with E-state index in [2.05, 4.69) is 58.4 Å². The van der Waals surface area contributed by atoms with Crippen LogP contribution in [0.1, 0.15) is 41.0 Å². The smallest absolute Gasteiger partial charge is 0.227 e. The normalized spacial score (nSPS) is 22.8. The Balaban J connectivity index is 1.31. The van der Waals surface area contributed by atoms with Gasteiger partial charge in [-0.1, -0.05) is 72.8 Å². The van der Waals surface area contributed by atoms with Gasteiger partial charge in [-0.25, -0.2) is 0 Å². The van der Waals surface area contributed by atoms with Crippen molar-refractivity contribution in [1.82, 2.24) is 14.8 Å². The van der Waals surface area contributed by atoms with Crippen molar-refractivity contribution in [2.45, 2.75) is 37.3 Å². The number of aromatic nitrogens is 1. The van der Waals surface area contributed by atoms with Crippen molar-refractivity contribution in [3.63, 3.8) is 0 Å². The van der Waals surface area contributed by atoms with Gasteiger partial charge in [0, 0.05) is 43.5 Å². The molecule has 0 aliphatic carbocycles. The molecular formula is C30H33N3O2. The first-order valence-electron chi connectivity index (χ1n) is 12.6. The summed E-state index contributed by atoms with van der Waals surface area (Å²) in [4.78, 5) is 21.8. The second kappa shape index (κ2) is 11.0. The fraction of sp³-hybridized carbons (Fsp3) is 0.333. The molecule has 1 N–H and O–H groups in total. The van der Waals surface area contributed by atoms with Gasteiger partial charge in [0.15, 0.2) is 0 Å². The minimum atomic E-state index is 0.110. The van der Waals surface area contributed by atoms with Crippen molar-refractivity contribution in [3.8, 4) is 0 Å². The highest BCUT2D eigenvalue weighted by atomic mass is 16.3. The summed E-state index contributed by atoms with van der Waals surface area (Å²) in [6.07, 6.45) is 10.2. The maximum atomic E-state index is 13.2. The van der Waals surface area contributed by atoms with E-state index in [1.807, 2.05) is 35.2 Å². The van der Waals surface area contributed by atoms with E-state index >= 15 is 0 Å². The van der Waals surface area contributed by atoms with Crippen LogP contribution in [0.15, 0.2) is 79.1 Å². The van der Waals surface area contributed by atoms with Crippen LogP contribution >= 0.6 is 0 Å². The molecule has 5 nitrogen and oxygen atoms in total. The number of pyridine rings is 1. The molecule has 3 atom stereocenters. The lowest BCUT2D eigenvalue weighted by atomic mass is 9.74. The van der Waals surface area contributed by atoms with Gasteiger partial charge in [-0.2, -0.15) is 0 Å². The highest BCUT2D eigenvalue weighted by Crippen LogP contribution is 2.42. The number of amides is 1. The molecule has 2 aromatic carbocycles. The monoisotopic (exact) mass is 467 g/mol. The Morgan fingerprint density at radius 1 is 0.943 bits per heavy atom. The standard InChI is InChI=1S/C30H33N3O2/c34-22-28-30(26-14-12-24(13-15-26)11-10-23-7-2-1-3-8-23)27-21-32(17-4-5-18-33(27)28)29(35)19-25-9-6-16-31-20-25/h1-3,6-16,20,27-28,30,34H,4-5,17-19,21-22H2/b11-10+/t27-,28+,30+/m0/s1. The first-order chi connectivity index (χ1) is 17.2.